The molecule has 0 spiro atoms. The predicted molar refractivity (Wildman–Crippen MR) is 87.0 cm³/mol. The largest absolute Gasteiger partial charge is 0.355 e. The van der Waals surface area contributed by atoms with Gasteiger partial charge in [-0.25, -0.2) is 9.97 Å². The number of aromatic nitrogens is 2. The number of hydrogen-bond donors (Lipinski definition) is 3. The van der Waals surface area contributed by atoms with Gasteiger partial charge in [0.1, 0.15) is 0 Å². The fourth-order valence-corrected chi connectivity index (χ4v) is 2.43. The number of hydrogen-bond acceptors (Lipinski definition) is 5. The number of nitrogens with one attached hydrogen (secondary N) is 3. The van der Waals surface area contributed by atoms with Crippen molar-refractivity contribution in [3.8, 4) is 11.3 Å². The second-order valence-electron chi connectivity index (χ2n) is 5.25. The molecule has 0 saturated heterocycles. The molecule has 2 aromatic rings. The molecule has 1 aliphatic heterocycles. The second-order valence-corrected chi connectivity index (χ2v) is 5.25. The molecule has 0 saturated carbocycles. The number of nitrogens with zero attached hydrogens (tertiary/aromatic N) is 2. The Morgan fingerprint density at radius 1 is 1.30 bits per heavy atom. The number of carbonyl (C=O) groups is 2. The standard InChI is InChI=1S/C16H17N5O2/c1-10(22)17-6-7-18-16-19-9-11-8-14(23)20-13-5-3-2-4-12(13)15(11)21-16/h2-5,9H,6-8H2,1H3,(H,17,22)(H,20,23)(H,18,19,21). The van der Waals surface area contributed by atoms with Crippen molar-refractivity contribution < 1.29 is 9.59 Å². The van der Waals surface area contributed by atoms with E-state index in [1.54, 1.807) is 6.20 Å². The average molecular weight is 311 g/mol. The van der Waals surface area contributed by atoms with E-state index in [1.165, 1.54) is 6.92 Å². The van der Waals surface area contributed by atoms with E-state index in [-0.39, 0.29) is 18.2 Å². The van der Waals surface area contributed by atoms with Crippen LogP contribution in [-0.2, 0) is 16.0 Å². The number of amides is 2. The summed E-state index contributed by atoms with van der Waals surface area (Å²) in [4.78, 5) is 31.6. The summed E-state index contributed by atoms with van der Waals surface area (Å²) in [5.74, 6) is 0.317. The van der Waals surface area contributed by atoms with Gasteiger partial charge < -0.3 is 16.0 Å². The molecule has 7 nitrogen and oxygen atoms in total. The van der Waals surface area contributed by atoms with Gasteiger partial charge in [-0.1, -0.05) is 18.2 Å². The third-order valence-electron chi connectivity index (χ3n) is 3.45. The molecule has 3 rings (SSSR count). The summed E-state index contributed by atoms with van der Waals surface area (Å²) in [5.41, 5.74) is 3.16. The molecule has 1 aromatic heterocycles. The van der Waals surface area contributed by atoms with Gasteiger partial charge in [0.15, 0.2) is 0 Å². The highest BCUT2D eigenvalue weighted by atomic mass is 16.2. The molecule has 2 heterocycles. The number of fused-ring (bicyclic) bond motifs is 3. The lowest BCUT2D eigenvalue weighted by Gasteiger charge is -2.10. The highest BCUT2D eigenvalue weighted by molar-refractivity contribution is 5.99. The molecule has 0 aliphatic carbocycles. The summed E-state index contributed by atoms with van der Waals surface area (Å²) < 4.78 is 0. The SMILES string of the molecule is CC(=O)NCCNc1ncc2c(n1)-c1ccccc1NC(=O)C2. The molecule has 23 heavy (non-hydrogen) atoms. The van der Waals surface area contributed by atoms with E-state index in [9.17, 15) is 9.59 Å². The van der Waals surface area contributed by atoms with E-state index < -0.39 is 0 Å². The zero-order valence-corrected chi connectivity index (χ0v) is 12.7. The number of carbonyl (C=O) groups excluding carboxylic acids is 2. The van der Waals surface area contributed by atoms with Gasteiger partial charge in [0.2, 0.25) is 17.8 Å². The van der Waals surface area contributed by atoms with Crippen LogP contribution < -0.4 is 16.0 Å². The van der Waals surface area contributed by atoms with Crippen molar-refractivity contribution in [1.82, 2.24) is 15.3 Å². The van der Waals surface area contributed by atoms with Gasteiger partial charge in [0.25, 0.3) is 0 Å². The molecule has 0 bridgehead atoms. The molecule has 3 N–H and O–H groups in total. The van der Waals surface area contributed by atoms with Crippen LogP contribution in [-0.4, -0.2) is 34.9 Å². The molecular formula is C16H17N5O2. The lowest BCUT2D eigenvalue weighted by Crippen LogP contribution is -2.26. The summed E-state index contributed by atoms with van der Waals surface area (Å²) in [5, 5.41) is 8.65. The smallest absolute Gasteiger partial charge is 0.228 e. The van der Waals surface area contributed by atoms with E-state index in [4.69, 9.17) is 0 Å². The van der Waals surface area contributed by atoms with Crippen molar-refractivity contribution in [3.05, 3.63) is 36.0 Å². The van der Waals surface area contributed by atoms with Gasteiger partial charge in [0, 0.05) is 37.3 Å². The minimum Gasteiger partial charge on any atom is -0.355 e. The van der Waals surface area contributed by atoms with Crippen LogP contribution in [0.3, 0.4) is 0 Å². The predicted octanol–water partition coefficient (Wildman–Crippen LogP) is 1.19. The number of benzene rings is 1. The zero-order chi connectivity index (χ0) is 16.2. The van der Waals surface area contributed by atoms with E-state index in [0.29, 0.717) is 19.0 Å². The first-order valence-corrected chi connectivity index (χ1v) is 7.37. The normalized spacial score (nSPS) is 12.5. The highest BCUT2D eigenvalue weighted by Crippen LogP contribution is 2.32. The summed E-state index contributed by atoms with van der Waals surface area (Å²) in [7, 11) is 0. The summed E-state index contributed by atoms with van der Waals surface area (Å²) in [6.45, 7) is 2.49. The summed E-state index contributed by atoms with van der Waals surface area (Å²) >= 11 is 0. The maximum atomic E-state index is 11.9. The van der Waals surface area contributed by atoms with E-state index in [1.807, 2.05) is 24.3 Å². The Morgan fingerprint density at radius 3 is 2.96 bits per heavy atom. The molecule has 7 heteroatoms. The van der Waals surface area contributed by atoms with Crippen LogP contribution in [0.25, 0.3) is 11.3 Å². The van der Waals surface area contributed by atoms with Crippen molar-refractivity contribution in [2.24, 2.45) is 0 Å². The summed E-state index contributed by atoms with van der Waals surface area (Å²) in [6.07, 6.45) is 1.92. The topological polar surface area (TPSA) is 96.0 Å². The van der Waals surface area contributed by atoms with E-state index in [0.717, 1.165) is 22.5 Å². The Balaban J connectivity index is 1.86. The molecule has 0 atom stereocenters. The first-order valence-electron chi connectivity index (χ1n) is 7.37. The van der Waals surface area contributed by atoms with Crippen LogP contribution in [0.1, 0.15) is 12.5 Å². The average Bonchev–Trinajstić information content (AvgIpc) is 2.66. The lowest BCUT2D eigenvalue weighted by molar-refractivity contribution is -0.119. The number of anilines is 2. The van der Waals surface area contributed by atoms with Crippen molar-refractivity contribution in [3.63, 3.8) is 0 Å². The van der Waals surface area contributed by atoms with Crippen molar-refractivity contribution in [2.75, 3.05) is 23.7 Å². The molecule has 2 amide bonds. The van der Waals surface area contributed by atoms with Gasteiger partial charge in [-0.05, 0) is 6.07 Å². The fraction of sp³-hybridized carbons (Fsp3) is 0.250. The van der Waals surface area contributed by atoms with E-state index >= 15 is 0 Å². The van der Waals surface area contributed by atoms with Crippen LogP contribution in [0.15, 0.2) is 30.5 Å². The molecule has 1 aliphatic rings. The van der Waals surface area contributed by atoms with Crippen molar-refractivity contribution >= 4 is 23.5 Å². The molecular weight excluding hydrogens is 294 g/mol. The monoisotopic (exact) mass is 311 g/mol. The van der Waals surface area contributed by atoms with Crippen molar-refractivity contribution in [1.29, 1.82) is 0 Å². The minimum atomic E-state index is -0.0776. The maximum Gasteiger partial charge on any atom is 0.228 e. The van der Waals surface area contributed by atoms with Crippen LogP contribution >= 0.6 is 0 Å². The van der Waals surface area contributed by atoms with Crippen LogP contribution in [0, 0.1) is 0 Å². The Hall–Kier alpha value is -2.96. The Kier molecular flexibility index (Phi) is 4.18. The Morgan fingerprint density at radius 2 is 2.13 bits per heavy atom. The molecule has 118 valence electrons. The summed E-state index contributed by atoms with van der Waals surface area (Å²) in [6, 6.07) is 7.56. The van der Waals surface area contributed by atoms with Gasteiger partial charge in [0.05, 0.1) is 17.8 Å². The van der Waals surface area contributed by atoms with Gasteiger partial charge in [-0.15, -0.1) is 0 Å². The third kappa shape index (κ3) is 3.45. The molecule has 0 fully saturated rings. The lowest BCUT2D eigenvalue weighted by atomic mass is 10.1. The third-order valence-corrected chi connectivity index (χ3v) is 3.45. The first-order chi connectivity index (χ1) is 11.1. The van der Waals surface area contributed by atoms with Gasteiger partial charge >= 0.3 is 0 Å². The molecule has 0 unspecified atom stereocenters. The van der Waals surface area contributed by atoms with Gasteiger partial charge in [-0.2, -0.15) is 0 Å². The first kappa shape index (κ1) is 15.0. The van der Waals surface area contributed by atoms with Crippen molar-refractivity contribution in [2.45, 2.75) is 13.3 Å². The number of rotatable bonds is 4. The zero-order valence-electron chi connectivity index (χ0n) is 12.7. The van der Waals surface area contributed by atoms with Crippen LogP contribution in [0.4, 0.5) is 11.6 Å². The Bertz CT molecular complexity index is 760. The highest BCUT2D eigenvalue weighted by Gasteiger charge is 2.20. The Labute approximate surface area is 133 Å². The quantitative estimate of drug-likeness (QED) is 0.737. The van der Waals surface area contributed by atoms with Gasteiger partial charge in [-0.3, -0.25) is 9.59 Å². The fourth-order valence-electron chi connectivity index (χ4n) is 2.43. The second kappa shape index (κ2) is 6.43. The molecule has 1 aromatic carbocycles. The number of para-hydroxylation sites is 1. The van der Waals surface area contributed by atoms with Crippen LogP contribution in [0.5, 0.6) is 0 Å². The molecule has 0 radical (unpaired) electrons. The minimum absolute atomic E-state index is 0.0758. The maximum absolute atomic E-state index is 11.9. The van der Waals surface area contributed by atoms with E-state index in [2.05, 4.69) is 25.9 Å². The van der Waals surface area contributed by atoms with Crippen LogP contribution in [0.2, 0.25) is 0 Å².